The highest BCUT2D eigenvalue weighted by Crippen LogP contribution is 2.21. The lowest BCUT2D eigenvalue weighted by atomic mass is 9.98. The van der Waals surface area contributed by atoms with E-state index in [1.165, 1.54) is 5.56 Å². The van der Waals surface area contributed by atoms with Gasteiger partial charge in [-0.05, 0) is 43.0 Å². The van der Waals surface area contributed by atoms with Gasteiger partial charge in [0.05, 0.1) is 26.5 Å². The van der Waals surface area contributed by atoms with Crippen LogP contribution in [0.3, 0.4) is 0 Å². The van der Waals surface area contributed by atoms with Crippen LogP contribution in [0.1, 0.15) is 37.4 Å². The van der Waals surface area contributed by atoms with Crippen LogP contribution in [-0.2, 0) is 6.54 Å². The number of aliphatic imine (C=N–C) groups is 1. The Kier molecular flexibility index (Phi) is 8.42. The first-order chi connectivity index (χ1) is 13.2. The first-order valence-corrected chi connectivity index (χ1v) is 9.32. The highest BCUT2D eigenvalue weighted by Gasteiger charge is 2.06. The molecule has 1 heterocycles. The third kappa shape index (κ3) is 6.81. The molecule has 0 aliphatic rings. The van der Waals surface area contributed by atoms with Crippen LogP contribution in [0.5, 0.6) is 11.6 Å². The summed E-state index contributed by atoms with van der Waals surface area (Å²) in [4.78, 5) is 9.00. The van der Waals surface area contributed by atoms with Gasteiger partial charge in [-0.25, -0.2) is 9.98 Å². The second-order valence-corrected chi connectivity index (χ2v) is 6.26. The number of nitrogens with one attached hydrogen (secondary N) is 2. The van der Waals surface area contributed by atoms with Gasteiger partial charge in [-0.15, -0.1) is 0 Å². The van der Waals surface area contributed by atoms with Gasteiger partial charge >= 0.3 is 0 Å². The van der Waals surface area contributed by atoms with Gasteiger partial charge < -0.3 is 20.1 Å². The molecule has 2 N–H and O–H groups in total. The molecule has 0 amide bonds. The third-order valence-electron chi connectivity index (χ3n) is 4.29. The molecule has 0 aliphatic heterocycles. The minimum Gasteiger partial charge on any atom is -0.497 e. The lowest BCUT2D eigenvalue weighted by Crippen LogP contribution is -2.38. The fraction of sp³-hybridized carbons (Fsp3) is 0.429. The number of rotatable bonds is 9. The first-order valence-electron chi connectivity index (χ1n) is 9.32. The highest BCUT2D eigenvalue weighted by molar-refractivity contribution is 5.79. The van der Waals surface area contributed by atoms with E-state index in [-0.39, 0.29) is 0 Å². The Bertz CT molecular complexity index is 716. The molecule has 1 aromatic carbocycles. The Labute approximate surface area is 162 Å². The number of methoxy groups -OCH3 is 2. The van der Waals surface area contributed by atoms with Crippen LogP contribution in [-0.4, -0.2) is 38.3 Å². The van der Waals surface area contributed by atoms with Crippen molar-refractivity contribution in [2.45, 2.75) is 32.7 Å². The highest BCUT2D eigenvalue weighted by atomic mass is 16.5. The summed E-state index contributed by atoms with van der Waals surface area (Å²) in [5.74, 6) is 2.74. The Morgan fingerprint density at radius 1 is 1.07 bits per heavy atom. The molecule has 27 heavy (non-hydrogen) atoms. The molecule has 146 valence electrons. The maximum Gasteiger partial charge on any atom is 0.213 e. The van der Waals surface area contributed by atoms with Crippen LogP contribution in [0.25, 0.3) is 0 Å². The van der Waals surface area contributed by atoms with E-state index in [2.05, 4.69) is 46.6 Å². The first kappa shape index (κ1) is 20.6. The third-order valence-corrected chi connectivity index (χ3v) is 4.29. The molecular weight excluding hydrogens is 340 g/mol. The smallest absolute Gasteiger partial charge is 0.213 e. The van der Waals surface area contributed by atoms with E-state index in [4.69, 9.17) is 9.47 Å². The minimum absolute atomic E-state index is 0.450. The van der Waals surface area contributed by atoms with Gasteiger partial charge in [0.2, 0.25) is 5.88 Å². The summed E-state index contributed by atoms with van der Waals surface area (Å²) < 4.78 is 10.4. The Hall–Kier alpha value is -2.76. The number of pyridine rings is 1. The van der Waals surface area contributed by atoms with Gasteiger partial charge in [0, 0.05) is 19.2 Å². The van der Waals surface area contributed by atoms with Crippen molar-refractivity contribution in [2.75, 3.05) is 27.3 Å². The number of benzene rings is 1. The molecule has 0 spiro atoms. The van der Waals surface area contributed by atoms with Crippen LogP contribution in [0.4, 0.5) is 0 Å². The van der Waals surface area contributed by atoms with Crippen LogP contribution in [0, 0.1) is 0 Å². The molecule has 1 atom stereocenters. The Morgan fingerprint density at radius 2 is 1.85 bits per heavy atom. The van der Waals surface area contributed by atoms with Gasteiger partial charge in [0.25, 0.3) is 0 Å². The van der Waals surface area contributed by atoms with E-state index >= 15 is 0 Å². The topological polar surface area (TPSA) is 67.8 Å². The molecule has 1 unspecified atom stereocenters. The zero-order valence-corrected chi connectivity index (χ0v) is 16.7. The average Bonchev–Trinajstić information content (AvgIpc) is 2.72. The lowest BCUT2D eigenvalue weighted by Gasteiger charge is -2.15. The van der Waals surface area contributed by atoms with Crippen molar-refractivity contribution in [1.29, 1.82) is 0 Å². The summed E-state index contributed by atoms with van der Waals surface area (Å²) in [7, 11) is 3.30. The molecule has 0 bridgehead atoms. The van der Waals surface area contributed by atoms with Crippen molar-refractivity contribution in [3.05, 3.63) is 53.7 Å². The molecule has 0 fully saturated rings. The second-order valence-electron chi connectivity index (χ2n) is 6.26. The largest absolute Gasteiger partial charge is 0.497 e. The molecule has 1 aromatic heterocycles. The van der Waals surface area contributed by atoms with Crippen LogP contribution in [0.15, 0.2) is 47.5 Å². The number of aromatic nitrogens is 1. The molecule has 0 saturated heterocycles. The van der Waals surface area contributed by atoms with E-state index < -0.39 is 0 Å². The minimum atomic E-state index is 0.450. The quantitative estimate of drug-likeness (QED) is 0.523. The summed E-state index contributed by atoms with van der Waals surface area (Å²) in [6, 6.07) is 14.0. The zero-order valence-electron chi connectivity index (χ0n) is 16.7. The van der Waals surface area contributed by atoms with Crippen molar-refractivity contribution < 1.29 is 9.47 Å². The predicted molar refractivity (Wildman–Crippen MR) is 110 cm³/mol. The standard InChI is InChI=1S/C21H30N4O2/c1-5-22-21(24-15-18-7-6-8-20(25-18)27-4)23-14-13-16(2)17-9-11-19(26-3)12-10-17/h6-12,16H,5,13-15H2,1-4H3,(H2,22,23,24). The fourth-order valence-corrected chi connectivity index (χ4v) is 2.67. The van der Waals surface area contributed by atoms with Gasteiger partial charge in [0.15, 0.2) is 5.96 Å². The lowest BCUT2D eigenvalue weighted by molar-refractivity contribution is 0.396. The van der Waals surface area contributed by atoms with Crippen molar-refractivity contribution in [1.82, 2.24) is 15.6 Å². The van der Waals surface area contributed by atoms with Gasteiger partial charge in [-0.1, -0.05) is 25.1 Å². The molecular formula is C21H30N4O2. The Balaban J connectivity index is 1.87. The van der Waals surface area contributed by atoms with E-state index in [1.807, 2.05) is 30.3 Å². The van der Waals surface area contributed by atoms with E-state index in [0.717, 1.165) is 36.9 Å². The second kappa shape index (κ2) is 11.1. The monoisotopic (exact) mass is 370 g/mol. The molecule has 0 aliphatic carbocycles. The van der Waals surface area contributed by atoms with Gasteiger partial charge in [-0.3, -0.25) is 0 Å². The molecule has 0 radical (unpaired) electrons. The normalized spacial score (nSPS) is 12.4. The summed E-state index contributed by atoms with van der Waals surface area (Å²) >= 11 is 0. The summed E-state index contributed by atoms with van der Waals surface area (Å²) in [6.45, 7) is 6.44. The molecule has 6 nitrogen and oxygen atoms in total. The predicted octanol–water partition coefficient (Wildman–Crippen LogP) is 3.35. The maximum absolute atomic E-state index is 5.22. The van der Waals surface area contributed by atoms with Gasteiger partial charge in [-0.2, -0.15) is 0 Å². The summed E-state index contributed by atoms with van der Waals surface area (Å²) in [5, 5.41) is 6.67. The zero-order chi connectivity index (χ0) is 19.5. The molecule has 2 aromatic rings. The van der Waals surface area contributed by atoms with E-state index in [1.54, 1.807) is 14.2 Å². The number of nitrogens with zero attached hydrogens (tertiary/aromatic N) is 2. The van der Waals surface area contributed by atoms with E-state index in [0.29, 0.717) is 18.3 Å². The van der Waals surface area contributed by atoms with Crippen LogP contribution >= 0.6 is 0 Å². The van der Waals surface area contributed by atoms with Crippen LogP contribution < -0.4 is 20.1 Å². The van der Waals surface area contributed by atoms with Crippen molar-refractivity contribution in [2.24, 2.45) is 4.99 Å². The summed E-state index contributed by atoms with van der Waals surface area (Å²) in [6.07, 6.45) is 1.01. The number of ether oxygens (including phenoxy) is 2. The SMILES string of the molecule is CCNC(=NCc1cccc(OC)n1)NCCC(C)c1ccc(OC)cc1. The van der Waals surface area contributed by atoms with Gasteiger partial charge in [0.1, 0.15) is 5.75 Å². The van der Waals surface area contributed by atoms with Crippen LogP contribution in [0.2, 0.25) is 0 Å². The fourth-order valence-electron chi connectivity index (χ4n) is 2.67. The average molecular weight is 370 g/mol. The number of hydrogen-bond donors (Lipinski definition) is 2. The Morgan fingerprint density at radius 3 is 2.52 bits per heavy atom. The molecule has 2 rings (SSSR count). The van der Waals surface area contributed by atoms with Crippen molar-refractivity contribution in [3.8, 4) is 11.6 Å². The van der Waals surface area contributed by atoms with Crippen molar-refractivity contribution >= 4 is 5.96 Å². The molecule has 6 heteroatoms. The van der Waals surface area contributed by atoms with E-state index in [9.17, 15) is 0 Å². The van der Waals surface area contributed by atoms with Crippen molar-refractivity contribution in [3.63, 3.8) is 0 Å². The number of guanidine groups is 1. The molecule has 0 saturated carbocycles. The maximum atomic E-state index is 5.22. The summed E-state index contributed by atoms with van der Waals surface area (Å²) in [5.41, 5.74) is 2.18. The number of hydrogen-bond acceptors (Lipinski definition) is 4.